The van der Waals surface area contributed by atoms with Crippen molar-refractivity contribution in [2.45, 2.75) is 18.9 Å². The number of carbonyl (C=O) groups is 1. The van der Waals surface area contributed by atoms with Crippen LogP contribution in [-0.2, 0) is 4.79 Å². The fourth-order valence-corrected chi connectivity index (χ4v) is 2.85. The Bertz CT molecular complexity index is 571. The van der Waals surface area contributed by atoms with E-state index < -0.39 is 0 Å². The predicted octanol–water partition coefficient (Wildman–Crippen LogP) is 2.07. The van der Waals surface area contributed by atoms with Crippen molar-refractivity contribution < 1.29 is 9.53 Å². The summed E-state index contributed by atoms with van der Waals surface area (Å²) in [5, 5.41) is 0.636. The third-order valence-electron chi connectivity index (χ3n) is 3.70. The monoisotopic (exact) mass is 292 g/mol. The van der Waals surface area contributed by atoms with E-state index in [0.29, 0.717) is 23.7 Å². The summed E-state index contributed by atoms with van der Waals surface area (Å²) in [5.74, 6) is 0.784. The molecule has 3 rings (SSSR count). The summed E-state index contributed by atoms with van der Waals surface area (Å²) in [4.78, 5) is 14.3. The summed E-state index contributed by atoms with van der Waals surface area (Å²) in [7, 11) is 0. The number of hydrogen-bond donors (Lipinski definition) is 1. The van der Waals surface area contributed by atoms with Crippen molar-refractivity contribution in [3.8, 4) is 5.75 Å². The van der Waals surface area contributed by atoms with Crippen LogP contribution in [0, 0.1) is 0 Å². The summed E-state index contributed by atoms with van der Waals surface area (Å²) in [5.41, 5.74) is 7.44. The summed E-state index contributed by atoms with van der Waals surface area (Å²) >= 11 is 5.98. The number of likely N-dealkylation sites (tertiary alicyclic amines) is 1. The number of carbonyl (C=O) groups excluding carboxylic acids is 1. The Kier molecular flexibility index (Phi) is 3.68. The number of nitrogens with zero attached hydrogens (tertiary/aromatic N) is 1. The fraction of sp³-hybridized carbons (Fsp3) is 0.400. The molecule has 2 aliphatic heterocycles. The molecule has 2 N–H and O–H groups in total. The Labute approximate surface area is 123 Å². The second-order valence-electron chi connectivity index (χ2n) is 5.29. The van der Waals surface area contributed by atoms with E-state index in [2.05, 4.69) is 0 Å². The molecule has 1 atom stereocenters. The molecule has 2 aliphatic rings. The number of benzene rings is 1. The van der Waals surface area contributed by atoms with E-state index in [1.807, 2.05) is 23.1 Å². The molecule has 2 heterocycles. The van der Waals surface area contributed by atoms with Gasteiger partial charge in [0.15, 0.2) is 0 Å². The number of rotatable bonds is 1. The lowest BCUT2D eigenvalue weighted by Crippen LogP contribution is -2.46. The molecule has 0 saturated carbocycles. The van der Waals surface area contributed by atoms with Crippen LogP contribution in [0.4, 0.5) is 0 Å². The first-order valence-electron chi connectivity index (χ1n) is 6.81. The Morgan fingerprint density at radius 2 is 2.30 bits per heavy atom. The van der Waals surface area contributed by atoms with Gasteiger partial charge in [0.2, 0.25) is 0 Å². The Hall–Kier alpha value is -1.52. The second-order valence-corrected chi connectivity index (χ2v) is 5.73. The number of fused-ring (bicyclic) bond motifs is 1. The van der Waals surface area contributed by atoms with E-state index in [9.17, 15) is 4.79 Å². The van der Waals surface area contributed by atoms with Crippen LogP contribution < -0.4 is 10.5 Å². The van der Waals surface area contributed by atoms with E-state index in [-0.39, 0.29) is 11.9 Å². The second kappa shape index (κ2) is 5.46. The van der Waals surface area contributed by atoms with Crippen molar-refractivity contribution in [2.75, 3.05) is 19.7 Å². The quantitative estimate of drug-likeness (QED) is 0.862. The highest BCUT2D eigenvalue weighted by atomic mass is 35.5. The average Bonchev–Trinajstić information content (AvgIpc) is 2.45. The SMILES string of the molecule is NC1CCCN(C(=O)C2=Cc3cc(Cl)ccc3OC2)C1. The highest BCUT2D eigenvalue weighted by molar-refractivity contribution is 6.30. The third kappa shape index (κ3) is 2.67. The zero-order valence-electron chi connectivity index (χ0n) is 11.1. The van der Waals surface area contributed by atoms with Crippen LogP contribution in [-0.4, -0.2) is 36.5 Å². The van der Waals surface area contributed by atoms with Crippen LogP contribution in [0.1, 0.15) is 18.4 Å². The van der Waals surface area contributed by atoms with Crippen molar-refractivity contribution in [3.63, 3.8) is 0 Å². The molecular weight excluding hydrogens is 276 g/mol. The van der Waals surface area contributed by atoms with Crippen molar-refractivity contribution in [1.29, 1.82) is 0 Å². The van der Waals surface area contributed by atoms with Gasteiger partial charge in [-0.05, 0) is 37.1 Å². The van der Waals surface area contributed by atoms with E-state index in [0.717, 1.165) is 30.7 Å². The van der Waals surface area contributed by atoms with Crippen LogP contribution in [0.25, 0.3) is 6.08 Å². The van der Waals surface area contributed by atoms with Gasteiger partial charge in [-0.3, -0.25) is 4.79 Å². The molecule has 1 fully saturated rings. The van der Waals surface area contributed by atoms with Crippen molar-refractivity contribution in [2.24, 2.45) is 5.73 Å². The molecule has 1 unspecified atom stereocenters. The van der Waals surface area contributed by atoms with Gasteiger partial charge < -0.3 is 15.4 Å². The van der Waals surface area contributed by atoms with E-state index in [1.54, 1.807) is 6.07 Å². The maximum atomic E-state index is 12.5. The molecule has 0 bridgehead atoms. The normalized spacial score (nSPS) is 21.8. The number of piperidine rings is 1. The summed E-state index contributed by atoms with van der Waals surface area (Å²) in [6.07, 6.45) is 3.81. The van der Waals surface area contributed by atoms with Crippen LogP contribution in [0.15, 0.2) is 23.8 Å². The fourth-order valence-electron chi connectivity index (χ4n) is 2.67. The highest BCUT2D eigenvalue weighted by Gasteiger charge is 2.26. The van der Waals surface area contributed by atoms with Gasteiger partial charge in [-0.25, -0.2) is 0 Å². The summed E-state index contributed by atoms with van der Waals surface area (Å²) < 4.78 is 5.62. The standard InChI is InChI=1S/C15H17ClN2O2/c16-12-3-4-14-10(7-12)6-11(9-20-14)15(19)18-5-1-2-13(17)8-18/h3-4,6-7,13H,1-2,5,8-9,17H2. The highest BCUT2D eigenvalue weighted by Crippen LogP contribution is 2.29. The predicted molar refractivity (Wildman–Crippen MR) is 78.7 cm³/mol. The summed E-state index contributed by atoms with van der Waals surface area (Å²) in [6.45, 7) is 1.70. The van der Waals surface area contributed by atoms with Gasteiger partial charge in [0.25, 0.3) is 5.91 Å². The van der Waals surface area contributed by atoms with Crippen molar-refractivity contribution >= 4 is 23.6 Å². The first-order chi connectivity index (χ1) is 9.63. The van der Waals surface area contributed by atoms with Crippen LogP contribution >= 0.6 is 11.6 Å². The van der Waals surface area contributed by atoms with E-state index in [1.165, 1.54) is 0 Å². The molecule has 1 aromatic rings. The lowest BCUT2D eigenvalue weighted by atomic mass is 10.0. The molecule has 1 saturated heterocycles. The molecule has 0 aliphatic carbocycles. The van der Waals surface area contributed by atoms with Gasteiger partial charge in [-0.2, -0.15) is 0 Å². The van der Waals surface area contributed by atoms with E-state index >= 15 is 0 Å². The van der Waals surface area contributed by atoms with Crippen LogP contribution in [0.3, 0.4) is 0 Å². The lowest BCUT2D eigenvalue weighted by Gasteiger charge is -2.32. The zero-order chi connectivity index (χ0) is 14.1. The number of amides is 1. The minimum atomic E-state index is 0.0192. The molecule has 0 spiro atoms. The smallest absolute Gasteiger partial charge is 0.253 e. The van der Waals surface area contributed by atoms with Gasteiger partial charge in [0, 0.05) is 29.7 Å². The Balaban J connectivity index is 1.82. The third-order valence-corrected chi connectivity index (χ3v) is 3.94. The van der Waals surface area contributed by atoms with Crippen LogP contribution in [0.2, 0.25) is 5.02 Å². The summed E-state index contributed by atoms with van der Waals surface area (Å²) in [6, 6.07) is 5.50. The molecule has 106 valence electrons. The molecule has 0 aromatic heterocycles. The van der Waals surface area contributed by atoms with Gasteiger partial charge in [0.05, 0.1) is 5.57 Å². The Morgan fingerprint density at radius 1 is 1.45 bits per heavy atom. The Morgan fingerprint density at radius 3 is 3.10 bits per heavy atom. The van der Waals surface area contributed by atoms with Crippen LogP contribution in [0.5, 0.6) is 5.75 Å². The molecule has 1 amide bonds. The van der Waals surface area contributed by atoms with Gasteiger partial charge in [0.1, 0.15) is 12.4 Å². The van der Waals surface area contributed by atoms with Gasteiger partial charge in [-0.15, -0.1) is 0 Å². The van der Waals surface area contributed by atoms with Gasteiger partial charge >= 0.3 is 0 Å². The minimum absolute atomic E-state index is 0.0192. The first kappa shape index (κ1) is 13.5. The largest absolute Gasteiger partial charge is 0.488 e. The molecule has 20 heavy (non-hydrogen) atoms. The minimum Gasteiger partial charge on any atom is -0.488 e. The number of ether oxygens (including phenoxy) is 1. The molecule has 1 aromatic carbocycles. The molecule has 4 nitrogen and oxygen atoms in total. The molecular formula is C15H17ClN2O2. The molecule has 0 radical (unpaired) electrons. The van der Waals surface area contributed by atoms with Crippen molar-refractivity contribution in [3.05, 3.63) is 34.4 Å². The van der Waals surface area contributed by atoms with Gasteiger partial charge in [-0.1, -0.05) is 11.6 Å². The van der Waals surface area contributed by atoms with Crippen molar-refractivity contribution in [1.82, 2.24) is 4.90 Å². The average molecular weight is 293 g/mol. The molecule has 5 heteroatoms. The first-order valence-corrected chi connectivity index (χ1v) is 7.19. The topological polar surface area (TPSA) is 55.6 Å². The maximum Gasteiger partial charge on any atom is 0.253 e. The number of hydrogen-bond acceptors (Lipinski definition) is 3. The van der Waals surface area contributed by atoms with E-state index in [4.69, 9.17) is 22.1 Å². The number of halogens is 1. The lowest BCUT2D eigenvalue weighted by molar-refractivity contribution is -0.128. The zero-order valence-corrected chi connectivity index (χ0v) is 11.9. The maximum absolute atomic E-state index is 12.5. The number of nitrogens with two attached hydrogens (primary N) is 1.